The minimum absolute atomic E-state index is 0.114. The summed E-state index contributed by atoms with van der Waals surface area (Å²) in [7, 11) is -3.59. The monoisotopic (exact) mass is 363 g/mol. The second-order valence-corrected chi connectivity index (χ2v) is 8.44. The van der Waals surface area contributed by atoms with E-state index in [-0.39, 0.29) is 12.2 Å². The Bertz CT molecular complexity index is 840. The van der Waals surface area contributed by atoms with E-state index in [1.807, 2.05) is 45.0 Å². The van der Waals surface area contributed by atoms with Gasteiger partial charge in [0.1, 0.15) is 5.75 Å². The number of morpholine rings is 1. The van der Waals surface area contributed by atoms with Gasteiger partial charge in [0.15, 0.2) is 0 Å². The Labute approximate surface area is 149 Å². The van der Waals surface area contributed by atoms with E-state index < -0.39 is 10.0 Å². The SMILES string of the molecule is CCCOc1ccc(S(=O)(=O)N2CC(C)OC(C)C2)c2ccccc12. The largest absolute Gasteiger partial charge is 0.493 e. The molecule has 1 aliphatic heterocycles. The van der Waals surface area contributed by atoms with Crippen LogP contribution in [0.4, 0.5) is 0 Å². The van der Waals surface area contributed by atoms with E-state index in [2.05, 4.69) is 0 Å². The Kier molecular flexibility index (Phi) is 5.32. The highest BCUT2D eigenvalue weighted by atomic mass is 32.2. The first kappa shape index (κ1) is 18.2. The zero-order valence-corrected chi connectivity index (χ0v) is 15.8. The maximum absolute atomic E-state index is 13.2. The van der Waals surface area contributed by atoms with Crippen LogP contribution in [0, 0.1) is 0 Å². The summed E-state index contributed by atoms with van der Waals surface area (Å²) in [6.07, 6.45) is 0.673. The maximum Gasteiger partial charge on any atom is 0.243 e. The van der Waals surface area contributed by atoms with Gasteiger partial charge in [-0.25, -0.2) is 8.42 Å². The summed E-state index contributed by atoms with van der Waals surface area (Å²) in [6, 6.07) is 10.9. The molecule has 3 rings (SSSR count). The van der Waals surface area contributed by atoms with E-state index in [1.54, 1.807) is 12.1 Å². The summed E-state index contributed by atoms with van der Waals surface area (Å²) in [4.78, 5) is 0.327. The Morgan fingerprint density at radius 2 is 1.72 bits per heavy atom. The number of benzene rings is 2. The molecule has 0 aliphatic carbocycles. The molecule has 0 bridgehead atoms. The van der Waals surface area contributed by atoms with Crippen molar-refractivity contribution in [2.45, 2.75) is 44.3 Å². The van der Waals surface area contributed by atoms with E-state index in [0.29, 0.717) is 30.0 Å². The van der Waals surface area contributed by atoms with Crippen molar-refractivity contribution in [3.05, 3.63) is 36.4 Å². The van der Waals surface area contributed by atoms with E-state index in [9.17, 15) is 8.42 Å². The summed E-state index contributed by atoms with van der Waals surface area (Å²) >= 11 is 0. The smallest absolute Gasteiger partial charge is 0.243 e. The van der Waals surface area contributed by atoms with Crippen molar-refractivity contribution in [3.8, 4) is 5.75 Å². The molecule has 2 atom stereocenters. The second-order valence-electron chi connectivity index (χ2n) is 6.54. The molecular weight excluding hydrogens is 338 g/mol. The quantitative estimate of drug-likeness (QED) is 0.817. The summed E-state index contributed by atoms with van der Waals surface area (Å²) in [5, 5.41) is 1.52. The van der Waals surface area contributed by atoms with Crippen LogP contribution in [0.1, 0.15) is 27.2 Å². The molecule has 2 unspecified atom stereocenters. The van der Waals surface area contributed by atoms with Gasteiger partial charge in [-0.15, -0.1) is 0 Å². The molecular formula is C19H25NO4S. The molecule has 0 aromatic heterocycles. The maximum atomic E-state index is 13.2. The predicted octanol–water partition coefficient (Wildman–Crippen LogP) is 3.43. The molecule has 136 valence electrons. The molecule has 1 heterocycles. The fourth-order valence-corrected chi connectivity index (χ4v) is 5.06. The van der Waals surface area contributed by atoms with Crippen molar-refractivity contribution >= 4 is 20.8 Å². The van der Waals surface area contributed by atoms with Crippen LogP contribution in [0.15, 0.2) is 41.3 Å². The lowest BCUT2D eigenvalue weighted by Crippen LogP contribution is -2.48. The molecule has 0 radical (unpaired) electrons. The molecule has 25 heavy (non-hydrogen) atoms. The third-order valence-corrected chi connectivity index (χ3v) is 6.20. The van der Waals surface area contributed by atoms with Gasteiger partial charge in [0, 0.05) is 23.9 Å². The topological polar surface area (TPSA) is 55.8 Å². The number of hydrogen-bond acceptors (Lipinski definition) is 4. The van der Waals surface area contributed by atoms with Crippen LogP contribution in [0.3, 0.4) is 0 Å². The molecule has 1 fully saturated rings. The molecule has 1 saturated heterocycles. The van der Waals surface area contributed by atoms with Gasteiger partial charge in [0.2, 0.25) is 10.0 Å². The van der Waals surface area contributed by atoms with Crippen molar-refractivity contribution in [2.75, 3.05) is 19.7 Å². The van der Waals surface area contributed by atoms with Gasteiger partial charge < -0.3 is 9.47 Å². The first-order valence-corrected chi connectivity index (χ1v) is 10.2. The number of rotatable bonds is 5. The minimum atomic E-state index is -3.59. The van der Waals surface area contributed by atoms with Crippen molar-refractivity contribution < 1.29 is 17.9 Å². The molecule has 0 saturated carbocycles. The van der Waals surface area contributed by atoms with Crippen LogP contribution in [0.25, 0.3) is 10.8 Å². The fourth-order valence-electron chi connectivity index (χ4n) is 3.27. The molecule has 0 amide bonds. The number of fused-ring (bicyclic) bond motifs is 1. The average molecular weight is 363 g/mol. The third-order valence-electron chi connectivity index (χ3n) is 4.31. The van der Waals surface area contributed by atoms with Crippen LogP contribution >= 0.6 is 0 Å². The number of nitrogens with zero attached hydrogens (tertiary/aromatic N) is 1. The Balaban J connectivity index is 2.06. The van der Waals surface area contributed by atoms with Gasteiger partial charge in [-0.2, -0.15) is 4.31 Å². The van der Waals surface area contributed by atoms with E-state index >= 15 is 0 Å². The van der Waals surface area contributed by atoms with Crippen molar-refractivity contribution in [2.24, 2.45) is 0 Å². The van der Waals surface area contributed by atoms with E-state index in [4.69, 9.17) is 9.47 Å². The van der Waals surface area contributed by atoms with Crippen LogP contribution in [-0.4, -0.2) is 44.6 Å². The van der Waals surface area contributed by atoms with E-state index in [0.717, 1.165) is 17.6 Å². The average Bonchev–Trinajstić information content (AvgIpc) is 2.58. The van der Waals surface area contributed by atoms with Crippen molar-refractivity contribution in [1.29, 1.82) is 0 Å². The lowest BCUT2D eigenvalue weighted by molar-refractivity contribution is -0.0440. The summed E-state index contributed by atoms with van der Waals surface area (Å²) in [5.74, 6) is 0.722. The first-order chi connectivity index (χ1) is 11.9. The van der Waals surface area contributed by atoms with E-state index in [1.165, 1.54) is 4.31 Å². The number of ether oxygens (including phenoxy) is 2. The van der Waals surface area contributed by atoms with Gasteiger partial charge in [0.25, 0.3) is 0 Å². The highest BCUT2D eigenvalue weighted by Gasteiger charge is 2.33. The molecule has 5 nitrogen and oxygen atoms in total. The number of sulfonamides is 1. The van der Waals surface area contributed by atoms with Crippen molar-refractivity contribution in [3.63, 3.8) is 0 Å². The van der Waals surface area contributed by atoms with Crippen molar-refractivity contribution in [1.82, 2.24) is 4.31 Å². The highest BCUT2D eigenvalue weighted by Crippen LogP contribution is 2.33. The van der Waals surface area contributed by atoms with Gasteiger partial charge in [-0.1, -0.05) is 31.2 Å². The standard InChI is InChI=1S/C19H25NO4S/c1-4-11-23-18-9-10-19(17-8-6-5-7-16(17)18)25(21,22)20-12-14(2)24-15(3)13-20/h5-10,14-15H,4,11-13H2,1-3H3. The fraction of sp³-hybridized carbons (Fsp3) is 0.474. The zero-order valence-electron chi connectivity index (χ0n) is 14.9. The normalized spacial score (nSPS) is 22.2. The summed E-state index contributed by atoms with van der Waals surface area (Å²) < 4.78 is 39.5. The van der Waals surface area contributed by atoms with Gasteiger partial charge in [-0.3, -0.25) is 0 Å². The lowest BCUT2D eigenvalue weighted by Gasteiger charge is -2.34. The molecule has 0 N–H and O–H groups in total. The number of hydrogen-bond donors (Lipinski definition) is 0. The van der Waals surface area contributed by atoms with Gasteiger partial charge in [0.05, 0.1) is 23.7 Å². The van der Waals surface area contributed by atoms with Gasteiger partial charge >= 0.3 is 0 Å². The van der Waals surface area contributed by atoms with Crippen LogP contribution in [0.5, 0.6) is 5.75 Å². The van der Waals surface area contributed by atoms with Crippen LogP contribution in [-0.2, 0) is 14.8 Å². The predicted molar refractivity (Wildman–Crippen MR) is 98.5 cm³/mol. The van der Waals surface area contributed by atoms with Crippen LogP contribution < -0.4 is 4.74 Å². The first-order valence-electron chi connectivity index (χ1n) is 8.73. The zero-order chi connectivity index (χ0) is 18.0. The highest BCUT2D eigenvalue weighted by molar-refractivity contribution is 7.89. The summed E-state index contributed by atoms with van der Waals surface area (Å²) in [6.45, 7) is 7.19. The Hall–Kier alpha value is -1.63. The van der Waals surface area contributed by atoms with Gasteiger partial charge in [-0.05, 0) is 32.4 Å². The third kappa shape index (κ3) is 3.66. The molecule has 1 aliphatic rings. The minimum Gasteiger partial charge on any atom is -0.493 e. The Morgan fingerprint density at radius 1 is 1.08 bits per heavy atom. The Morgan fingerprint density at radius 3 is 2.36 bits per heavy atom. The lowest BCUT2D eigenvalue weighted by atomic mass is 10.1. The molecule has 2 aromatic rings. The molecule has 6 heteroatoms. The molecule has 2 aromatic carbocycles. The second kappa shape index (κ2) is 7.32. The van der Waals surface area contributed by atoms with Crippen LogP contribution in [0.2, 0.25) is 0 Å². The molecule has 0 spiro atoms. The summed E-state index contributed by atoms with van der Waals surface area (Å²) in [5.41, 5.74) is 0.